The van der Waals surface area contributed by atoms with E-state index in [-0.39, 0.29) is 17.0 Å². The third-order valence-electron chi connectivity index (χ3n) is 3.17. The highest BCUT2D eigenvalue weighted by atomic mass is 16.1. The molecule has 94 valence electrons. The zero-order valence-corrected chi connectivity index (χ0v) is 10.8. The first-order chi connectivity index (χ1) is 8.48. The molecular formula is C15H17NO2. The second-order valence-electron chi connectivity index (χ2n) is 5.54. The van der Waals surface area contributed by atoms with Crippen molar-refractivity contribution in [3.63, 3.8) is 0 Å². The Kier molecular flexibility index (Phi) is 3.41. The molecule has 3 nitrogen and oxygen atoms in total. The number of allylic oxidation sites excluding steroid dienone is 2. The highest BCUT2D eigenvalue weighted by molar-refractivity contribution is 6.22. The second-order valence-corrected chi connectivity index (χ2v) is 5.54. The second kappa shape index (κ2) is 4.84. The van der Waals surface area contributed by atoms with E-state index in [0.717, 1.165) is 5.56 Å². The summed E-state index contributed by atoms with van der Waals surface area (Å²) in [5.74, 6) is -0.0457. The van der Waals surface area contributed by atoms with Crippen LogP contribution in [0.1, 0.15) is 32.3 Å². The molecule has 1 heterocycles. The van der Waals surface area contributed by atoms with Gasteiger partial charge in [0.1, 0.15) is 0 Å². The maximum atomic E-state index is 11.9. The highest BCUT2D eigenvalue weighted by Crippen LogP contribution is 2.33. The standard InChI is InChI=1S/C15H17NO2/c1-15(2)9-13(17)12(14(18)10-15)4-3-11-5-7-16-8-6-11/h4-8H,3,9-10H2,1-2H3. The maximum Gasteiger partial charge on any atom is 0.166 e. The molecule has 0 unspecified atom stereocenters. The van der Waals surface area contributed by atoms with Gasteiger partial charge in [0.15, 0.2) is 11.6 Å². The first kappa shape index (κ1) is 12.7. The number of ketones is 2. The molecule has 1 fully saturated rings. The minimum Gasteiger partial charge on any atom is -0.294 e. The minimum atomic E-state index is -0.192. The van der Waals surface area contributed by atoms with Gasteiger partial charge in [-0.25, -0.2) is 0 Å². The van der Waals surface area contributed by atoms with Crippen molar-refractivity contribution in [3.05, 3.63) is 41.7 Å². The van der Waals surface area contributed by atoms with E-state index < -0.39 is 0 Å². The van der Waals surface area contributed by atoms with Crippen LogP contribution in [-0.4, -0.2) is 16.6 Å². The van der Waals surface area contributed by atoms with Crippen LogP contribution in [0.4, 0.5) is 0 Å². The molecule has 0 aliphatic heterocycles. The molecule has 18 heavy (non-hydrogen) atoms. The molecule has 0 radical (unpaired) electrons. The summed E-state index contributed by atoms with van der Waals surface area (Å²) in [5, 5.41) is 0. The summed E-state index contributed by atoms with van der Waals surface area (Å²) < 4.78 is 0. The summed E-state index contributed by atoms with van der Waals surface area (Å²) in [5.41, 5.74) is 1.25. The Morgan fingerprint density at radius 3 is 2.28 bits per heavy atom. The summed E-state index contributed by atoms with van der Waals surface area (Å²) in [7, 11) is 0. The van der Waals surface area contributed by atoms with Gasteiger partial charge in [0, 0.05) is 25.2 Å². The van der Waals surface area contributed by atoms with Crippen molar-refractivity contribution in [3.8, 4) is 0 Å². The van der Waals surface area contributed by atoms with Crippen LogP contribution >= 0.6 is 0 Å². The first-order valence-corrected chi connectivity index (χ1v) is 6.13. The molecule has 2 rings (SSSR count). The van der Waals surface area contributed by atoms with E-state index in [2.05, 4.69) is 4.98 Å². The number of carbonyl (C=O) groups excluding carboxylic acids is 2. The summed E-state index contributed by atoms with van der Waals surface area (Å²) in [6.07, 6.45) is 6.70. The van der Waals surface area contributed by atoms with Gasteiger partial charge >= 0.3 is 0 Å². The van der Waals surface area contributed by atoms with Crippen LogP contribution in [0.2, 0.25) is 0 Å². The van der Waals surface area contributed by atoms with E-state index in [1.54, 1.807) is 18.5 Å². The normalized spacial score (nSPS) is 18.9. The maximum absolute atomic E-state index is 11.9. The van der Waals surface area contributed by atoms with Crippen molar-refractivity contribution in [1.29, 1.82) is 0 Å². The first-order valence-electron chi connectivity index (χ1n) is 6.13. The predicted octanol–water partition coefficient (Wildman–Crippen LogP) is 2.51. The molecule has 0 N–H and O–H groups in total. The molecule has 0 atom stereocenters. The van der Waals surface area contributed by atoms with Gasteiger partial charge in [-0.2, -0.15) is 0 Å². The van der Waals surface area contributed by atoms with E-state index in [9.17, 15) is 9.59 Å². The third kappa shape index (κ3) is 2.92. The number of hydrogen-bond donors (Lipinski definition) is 0. The Hall–Kier alpha value is -1.77. The molecule has 1 aliphatic carbocycles. The molecule has 0 bridgehead atoms. The predicted molar refractivity (Wildman–Crippen MR) is 69.1 cm³/mol. The van der Waals surface area contributed by atoms with Crippen molar-refractivity contribution in [1.82, 2.24) is 4.98 Å². The van der Waals surface area contributed by atoms with Gasteiger partial charge in [0.2, 0.25) is 0 Å². The van der Waals surface area contributed by atoms with Crippen molar-refractivity contribution in [2.75, 3.05) is 0 Å². The fourth-order valence-electron chi connectivity index (χ4n) is 2.24. The molecule has 0 aromatic carbocycles. The van der Waals surface area contributed by atoms with Crippen LogP contribution in [0.25, 0.3) is 0 Å². The van der Waals surface area contributed by atoms with E-state index in [4.69, 9.17) is 0 Å². The Labute approximate surface area is 107 Å². The number of pyridine rings is 1. The van der Waals surface area contributed by atoms with Crippen LogP contribution in [-0.2, 0) is 16.0 Å². The smallest absolute Gasteiger partial charge is 0.166 e. The minimum absolute atomic E-state index is 0.0229. The number of aromatic nitrogens is 1. The zero-order valence-electron chi connectivity index (χ0n) is 10.8. The Morgan fingerprint density at radius 1 is 1.17 bits per heavy atom. The lowest BCUT2D eigenvalue weighted by molar-refractivity contribution is -0.127. The molecule has 3 heteroatoms. The Bertz CT molecular complexity index is 478. The van der Waals surface area contributed by atoms with Crippen LogP contribution in [0.5, 0.6) is 0 Å². The monoisotopic (exact) mass is 243 g/mol. The van der Waals surface area contributed by atoms with Gasteiger partial charge in [0.05, 0.1) is 5.57 Å². The van der Waals surface area contributed by atoms with Gasteiger partial charge in [0.25, 0.3) is 0 Å². The average Bonchev–Trinajstić information content (AvgIpc) is 2.27. The molecule has 1 aliphatic rings. The molecule has 1 aromatic rings. The van der Waals surface area contributed by atoms with Crippen LogP contribution in [0, 0.1) is 5.41 Å². The largest absolute Gasteiger partial charge is 0.294 e. The quantitative estimate of drug-likeness (QED) is 0.592. The number of nitrogens with zero attached hydrogens (tertiary/aromatic N) is 1. The molecule has 0 saturated heterocycles. The topological polar surface area (TPSA) is 47.0 Å². The third-order valence-corrected chi connectivity index (χ3v) is 3.17. The van der Waals surface area contributed by atoms with Gasteiger partial charge in [-0.05, 0) is 29.5 Å². The number of carbonyl (C=O) groups is 2. The zero-order chi connectivity index (χ0) is 13.2. The number of Topliss-reactive ketones (excluding diaryl/α,β-unsaturated/α-hetero) is 2. The summed E-state index contributed by atoms with van der Waals surface area (Å²) in [6.45, 7) is 3.92. The van der Waals surface area contributed by atoms with Gasteiger partial charge in [-0.15, -0.1) is 0 Å². The van der Waals surface area contributed by atoms with Gasteiger partial charge < -0.3 is 0 Å². The van der Waals surface area contributed by atoms with Crippen LogP contribution in [0.3, 0.4) is 0 Å². The lowest BCUT2D eigenvalue weighted by Crippen LogP contribution is -2.31. The van der Waals surface area contributed by atoms with Gasteiger partial charge in [-0.3, -0.25) is 14.6 Å². The molecule has 1 saturated carbocycles. The number of hydrogen-bond acceptors (Lipinski definition) is 3. The lowest BCUT2D eigenvalue weighted by Gasteiger charge is -2.28. The average molecular weight is 243 g/mol. The number of rotatable bonds is 2. The SMILES string of the molecule is CC1(C)CC(=O)C(=CCc2ccncc2)C(=O)C1. The highest BCUT2D eigenvalue weighted by Gasteiger charge is 2.35. The fourth-order valence-corrected chi connectivity index (χ4v) is 2.24. The van der Waals surface area contributed by atoms with Crippen LogP contribution in [0.15, 0.2) is 36.2 Å². The van der Waals surface area contributed by atoms with Crippen molar-refractivity contribution in [2.45, 2.75) is 33.1 Å². The lowest BCUT2D eigenvalue weighted by atomic mass is 9.74. The Morgan fingerprint density at radius 2 is 1.72 bits per heavy atom. The molecular weight excluding hydrogens is 226 g/mol. The van der Waals surface area contributed by atoms with Crippen molar-refractivity contribution in [2.24, 2.45) is 5.41 Å². The Balaban J connectivity index is 2.14. The summed E-state index contributed by atoms with van der Waals surface area (Å²) in [4.78, 5) is 27.8. The van der Waals surface area contributed by atoms with E-state index in [1.165, 1.54) is 0 Å². The van der Waals surface area contributed by atoms with Crippen molar-refractivity contribution < 1.29 is 9.59 Å². The molecule has 1 aromatic heterocycles. The summed E-state index contributed by atoms with van der Waals surface area (Å²) in [6, 6.07) is 3.78. The van der Waals surface area contributed by atoms with E-state index in [1.807, 2.05) is 26.0 Å². The van der Waals surface area contributed by atoms with E-state index >= 15 is 0 Å². The molecule has 0 amide bonds. The fraction of sp³-hybridized carbons (Fsp3) is 0.400. The summed E-state index contributed by atoms with van der Waals surface area (Å²) >= 11 is 0. The van der Waals surface area contributed by atoms with E-state index in [0.29, 0.717) is 24.8 Å². The van der Waals surface area contributed by atoms with Crippen molar-refractivity contribution >= 4 is 11.6 Å². The van der Waals surface area contributed by atoms with Gasteiger partial charge in [-0.1, -0.05) is 19.9 Å². The molecule has 0 spiro atoms. The van der Waals surface area contributed by atoms with Crippen LogP contribution < -0.4 is 0 Å².